The van der Waals surface area contributed by atoms with E-state index in [0.29, 0.717) is 70.4 Å². The number of nitrogens with zero attached hydrogens (tertiary/aromatic N) is 4. The highest BCUT2D eigenvalue weighted by Gasteiger charge is 2.39. The van der Waals surface area contributed by atoms with Crippen LogP contribution in [0.4, 0.5) is 4.79 Å². The summed E-state index contributed by atoms with van der Waals surface area (Å²) < 4.78 is 35.6. The van der Waals surface area contributed by atoms with Gasteiger partial charge in [0, 0.05) is 43.6 Å². The van der Waals surface area contributed by atoms with Gasteiger partial charge in [-0.3, -0.25) is 4.79 Å². The van der Waals surface area contributed by atoms with Crippen molar-refractivity contribution in [2.45, 2.75) is 51.4 Å². The van der Waals surface area contributed by atoms with Crippen molar-refractivity contribution in [2.24, 2.45) is 0 Å². The highest BCUT2D eigenvalue weighted by atomic mass is 32.1. The van der Waals surface area contributed by atoms with E-state index in [1.165, 1.54) is 22.7 Å². The number of carbonyl (C=O) groups is 2. The molecule has 244 valence electrons. The van der Waals surface area contributed by atoms with E-state index in [-0.39, 0.29) is 19.1 Å². The van der Waals surface area contributed by atoms with Gasteiger partial charge in [0.25, 0.3) is 5.19 Å². The number of alkyl carbamates (subject to hydrolysis) is 1. The molecule has 1 aromatic carbocycles. The number of benzene rings is 1. The molecule has 0 spiro atoms. The van der Waals surface area contributed by atoms with Crippen molar-refractivity contribution in [1.82, 2.24) is 30.2 Å². The van der Waals surface area contributed by atoms with E-state index < -0.39 is 17.2 Å². The minimum Gasteiger partial charge on any atom is -0.496 e. The second kappa shape index (κ2) is 12.8. The number of ether oxygens (including phenoxy) is 5. The van der Waals surface area contributed by atoms with Crippen molar-refractivity contribution in [3.8, 4) is 28.1 Å². The molecule has 46 heavy (non-hydrogen) atoms. The minimum atomic E-state index is -0.728. The summed E-state index contributed by atoms with van der Waals surface area (Å²) in [6.07, 6.45) is 2.21. The van der Waals surface area contributed by atoms with Gasteiger partial charge in [0.1, 0.15) is 46.5 Å². The maximum absolute atomic E-state index is 12.9. The topological polar surface area (TPSA) is 161 Å². The zero-order valence-corrected chi connectivity index (χ0v) is 27.6. The lowest BCUT2D eigenvalue weighted by atomic mass is 9.90. The number of methoxy groups -OCH3 is 2. The van der Waals surface area contributed by atoms with E-state index in [1.54, 1.807) is 57.8 Å². The van der Waals surface area contributed by atoms with Gasteiger partial charge in [0.15, 0.2) is 5.76 Å². The maximum atomic E-state index is 12.9. The van der Waals surface area contributed by atoms with E-state index in [0.717, 1.165) is 10.4 Å². The van der Waals surface area contributed by atoms with Crippen LogP contribution in [0.2, 0.25) is 0 Å². The number of amides is 2. The highest BCUT2D eigenvalue weighted by Crippen LogP contribution is 2.38. The van der Waals surface area contributed by atoms with Gasteiger partial charge in [0.2, 0.25) is 10.9 Å². The normalized spacial score (nSPS) is 14.7. The summed E-state index contributed by atoms with van der Waals surface area (Å²) in [6, 6.07) is 5.46. The Balaban J connectivity index is 1.17. The number of carbonyl (C=O) groups excluding carboxylic acids is 2. The Hall–Kier alpha value is -4.41. The molecule has 0 atom stereocenters. The van der Waals surface area contributed by atoms with E-state index in [9.17, 15) is 9.59 Å². The molecule has 4 aromatic heterocycles. The van der Waals surface area contributed by atoms with Crippen molar-refractivity contribution < 1.29 is 37.7 Å². The molecular weight excluding hydrogens is 636 g/mol. The molecule has 5 aromatic rings. The van der Waals surface area contributed by atoms with Crippen LogP contribution in [0.25, 0.3) is 27.4 Å². The first-order chi connectivity index (χ1) is 22.0. The van der Waals surface area contributed by atoms with Crippen LogP contribution in [0.1, 0.15) is 44.3 Å². The molecule has 0 bridgehead atoms. The molecule has 0 radical (unpaired) electrons. The Morgan fingerprint density at radius 1 is 1.11 bits per heavy atom. The third kappa shape index (κ3) is 6.88. The zero-order chi connectivity index (χ0) is 32.5. The summed E-state index contributed by atoms with van der Waals surface area (Å²) >= 11 is 2.77. The number of nitrogens with one attached hydrogen (secondary N) is 2. The molecule has 1 aliphatic heterocycles. The first-order valence-corrected chi connectivity index (χ1v) is 16.2. The zero-order valence-electron chi connectivity index (χ0n) is 26.0. The lowest BCUT2D eigenvalue weighted by Gasteiger charge is -2.36. The van der Waals surface area contributed by atoms with Crippen LogP contribution in [0.5, 0.6) is 16.7 Å². The number of thiazole rings is 1. The maximum Gasteiger partial charge on any atom is 0.408 e. The smallest absolute Gasteiger partial charge is 0.408 e. The first-order valence-electron chi connectivity index (χ1n) is 14.5. The largest absolute Gasteiger partial charge is 0.496 e. The standard InChI is InChI=1S/C30H34N6O8S2/c1-29(2,3)44-27(38)31-13-24(37)34-30(6-8-41-9-7-30)25-32-17(16-45-25)15-42-21-10-18(39-4)11-22-19(21)12-23(43-22)20-14-36-26(33-20)46-28(35-36)40-5/h10-12,14,16H,6-9,13,15H2,1-5H3,(H,31,38)(H,34,37). The fourth-order valence-electron chi connectivity index (χ4n) is 4.96. The molecule has 0 unspecified atom stereocenters. The van der Waals surface area contributed by atoms with Crippen LogP contribution in [0, 0.1) is 0 Å². The van der Waals surface area contributed by atoms with E-state index in [1.807, 2.05) is 11.4 Å². The predicted molar refractivity (Wildman–Crippen MR) is 170 cm³/mol. The number of imidazole rings is 1. The predicted octanol–water partition coefficient (Wildman–Crippen LogP) is 4.90. The summed E-state index contributed by atoms with van der Waals surface area (Å²) in [4.78, 5) is 35.1. The molecule has 5 heterocycles. The van der Waals surface area contributed by atoms with Crippen LogP contribution in [-0.2, 0) is 26.4 Å². The number of hydrogen-bond acceptors (Lipinski definition) is 13. The lowest BCUT2D eigenvalue weighted by molar-refractivity contribution is -0.123. The average molecular weight is 671 g/mol. The van der Waals surface area contributed by atoms with Gasteiger partial charge in [-0.05, 0) is 38.2 Å². The number of rotatable bonds is 10. The summed E-state index contributed by atoms with van der Waals surface area (Å²) in [6.45, 7) is 6.16. The molecule has 16 heteroatoms. The van der Waals surface area contributed by atoms with Gasteiger partial charge in [-0.25, -0.2) is 19.3 Å². The van der Waals surface area contributed by atoms with Crippen molar-refractivity contribution >= 4 is 50.6 Å². The van der Waals surface area contributed by atoms with Crippen molar-refractivity contribution in [3.05, 3.63) is 40.5 Å². The summed E-state index contributed by atoms with van der Waals surface area (Å²) in [5, 5.41) is 13.9. The molecule has 6 rings (SSSR count). The van der Waals surface area contributed by atoms with Gasteiger partial charge < -0.3 is 38.7 Å². The summed E-state index contributed by atoms with van der Waals surface area (Å²) in [7, 11) is 3.14. The fourth-order valence-corrected chi connectivity index (χ4v) is 6.68. The minimum absolute atomic E-state index is 0.171. The molecule has 1 fully saturated rings. The number of furan rings is 1. The Labute approximate surface area is 272 Å². The Bertz CT molecular complexity index is 1830. The highest BCUT2D eigenvalue weighted by molar-refractivity contribution is 7.18. The second-order valence-corrected chi connectivity index (χ2v) is 13.4. The quantitative estimate of drug-likeness (QED) is 0.208. The molecule has 2 amide bonds. The number of fused-ring (bicyclic) bond motifs is 2. The molecular formula is C30H34N6O8S2. The van der Waals surface area contributed by atoms with Gasteiger partial charge >= 0.3 is 6.09 Å². The van der Waals surface area contributed by atoms with Crippen molar-refractivity contribution in [3.63, 3.8) is 0 Å². The Morgan fingerprint density at radius 2 is 1.91 bits per heavy atom. The van der Waals surface area contributed by atoms with E-state index in [2.05, 4.69) is 20.7 Å². The van der Waals surface area contributed by atoms with E-state index >= 15 is 0 Å². The van der Waals surface area contributed by atoms with E-state index in [4.69, 9.17) is 33.1 Å². The SMILES string of the molecule is COc1cc(OCc2csc(C3(NC(=O)CNC(=O)OC(C)(C)C)CCOCC3)n2)c2cc(-c3cn4nc(OC)sc4n3)oc2c1. The van der Waals surface area contributed by atoms with Crippen LogP contribution in [0.15, 0.2) is 34.2 Å². The van der Waals surface area contributed by atoms with Gasteiger partial charge in [-0.1, -0.05) is 0 Å². The summed E-state index contributed by atoms with van der Waals surface area (Å²) in [5.41, 5.74) is 0.502. The Kier molecular flexibility index (Phi) is 8.76. The summed E-state index contributed by atoms with van der Waals surface area (Å²) in [5.74, 6) is 1.34. The monoisotopic (exact) mass is 670 g/mol. The molecule has 1 aliphatic rings. The van der Waals surface area contributed by atoms with Gasteiger partial charge in [-0.2, -0.15) is 0 Å². The van der Waals surface area contributed by atoms with Crippen LogP contribution < -0.4 is 24.8 Å². The fraction of sp³-hybridized carbons (Fsp3) is 0.433. The third-order valence-electron chi connectivity index (χ3n) is 7.11. The number of aromatic nitrogens is 4. The molecule has 1 saturated heterocycles. The Morgan fingerprint density at radius 3 is 2.63 bits per heavy atom. The lowest BCUT2D eigenvalue weighted by Crippen LogP contribution is -2.52. The van der Waals surface area contributed by atoms with Crippen molar-refractivity contribution in [2.75, 3.05) is 34.0 Å². The van der Waals surface area contributed by atoms with Gasteiger partial charge in [-0.15, -0.1) is 16.4 Å². The molecule has 14 nitrogen and oxygen atoms in total. The van der Waals surface area contributed by atoms with Gasteiger partial charge in [0.05, 0.1) is 37.0 Å². The van der Waals surface area contributed by atoms with Crippen molar-refractivity contribution in [1.29, 1.82) is 0 Å². The number of hydrogen-bond donors (Lipinski definition) is 2. The average Bonchev–Trinajstić information content (AvgIpc) is 3.81. The third-order valence-corrected chi connectivity index (χ3v) is 9.09. The van der Waals surface area contributed by atoms with Crippen LogP contribution in [0.3, 0.4) is 0 Å². The second-order valence-electron chi connectivity index (χ2n) is 11.6. The van der Waals surface area contributed by atoms with Crippen LogP contribution in [-0.4, -0.2) is 71.2 Å². The van der Waals surface area contributed by atoms with Crippen LogP contribution >= 0.6 is 22.7 Å². The molecule has 0 aliphatic carbocycles. The molecule has 2 N–H and O–H groups in total. The molecule has 0 saturated carbocycles. The first kappa shape index (κ1) is 31.6.